The Bertz CT molecular complexity index is 869. The van der Waals surface area contributed by atoms with Gasteiger partial charge in [-0.1, -0.05) is 61.3 Å². The fourth-order valence-corrected chi connectivity index (χ4v) is 5.74. The Morgan fingerprint density at radius 3 is 2.29 bits per heavy atom. The van der Waals surface area contributed by atoms with Crippen LogP contribution in [0.15, 0.2) is 4.99 Å². The van der Waals surface area contributed by atoms with Gasteiger partial charge in [-0.2, -0.15) is 11.8 Å². The van der Waals surface area contributed by atoms with Crippen LogP contribution in [0.2, 0.25) is 0 Å². The van der Waals surface area contributed by atoms with Crippen LogP contribution in [0.4, 0.5) is 0 Å². The molecule has 0 aliphatic carbocycles. The van der Waals surface area contributed by atoms with Gasteiger partial charge in [-0.15, -0.1) is 0 Å². The summed E-state index contributed by atoms with van der Waals surface area (Å²) >= 11 is 1.66. The summed E-state index contributed by atoms with van der Waals surface area (Å²) in [6.45, 7) is 20.4. The first-order valence-corrected chi connectivity index (χ1v) is 16.3. The highest BCUT2D eigenvalue weighted by molar-refractivity contribution is 7.98. The highest BCUT2D eigenvalue weighted by atomic mass is 32.2. The van der Waals surface area contributed by atoms with Gasteiger partial charge in [0.1, 0.15) is 5.75 Å². The molecule has 1 rings (SSSR count). The van der Waals surface area contributed by atoms with Gasteiger partial charge in [-0.3, -0.25) is 14.4 Å². The minimum Gasteiger partial charge on any atom is -0.505 e. The largest absolute Gasteiger partial charge is 0.505 e. The van der Waals surface area contributed by atoms with Gasteiger partial charge in [0.25, 0.3) is 0 Å². The summed E-state index contributed by atoms with van der Waals surface area (Å²) in [5, 5.41) is 22.9. The standard InChI is InChI=1S/C31H57N3O3S/c1-10-13-14-17-25(32-24(5)16-15-19-33(11-2)12-3)28-29(36)26(18-20-38-9)34(30(28)37)27(35)21-23(4)22-31(6,7)8/h23-24,36-37H,10-22H2,1-9H3. The molecule has 1 aromatic rings. The van der Waals surface area contributed by atoms with E-state index >= 15 is 0 Å². The van der Waals surface area contributed by atoms with Crippen molar-refractivity contribution in [3.63, 3.8) is 0 Å². The minimum atomic E-state index is -0.155. The molecule has 2 unspecified atom stereocenters. The number of hydrogen-bond acceptors (Lipinski definition) is 6. The summed E-state index contributed by atoms with van der Waals surface area (Å²) in [5.74, 6) is 0.658. The molecule has 1 heterocycles. The van der Waals surface area contributed by atoms with Crippen LogP contribution in [-0.2, 0) is 6.42 Å². The molecule has 0 radical (unpaired) electrons. The summed E-state index contributed by atoms with van der Waals surface area (Å²) in [7, 11) is 0. The molecule has 7 heteroatoms. The number of carbonyl (C=O) groups excluding carboxylic acids is 1. The van der Waals surface area contributed by atoms with Crippen molar-refractivity contribution in [3.8, 4) is 11.6 Å². The maximum Gasteiger partial charge on any atom is 0.234 e. The van der Waals surface area contributed by atoms with E-state index in [0.29, 0.717) is 30.5 Å². The lowest BCUT2D eigenvalue weighted by Crippen LogP contribution is -2.24. The molecule has 0 aliphatic heterocycles. The van der Waals surface area contributed by atoms with Crippen molar-refractivity contribution < 1.29 is 15.0 Å². The Balaban J connectivity index is 3.39. The van der Waals surface area contributed by atoms with Crippen molar-refractivity contribution in [1.82, 2.24) is 9.47 Å². The van der Waals surface area contributed by atoms with Crippen molar-refractivity contribution >= 4 is 23.4 Å². The molecule has 0 bridgehead atoms. The Hall–Kier alpha value is -1.47. The van der Waals surface area contributed by atoms with Gasteiger partial charge in [0, 0.05) is 18.9 Å². The Morgan fingerprint density at radius 1 is 1.08 bits per heavy atom. The maximum atomic E-state index is 13.5. The highest BCUT2D eigenvalue weighted by Crippen LogP contribution is 2.38. The number of aromatic hydroxyl groups is 2. The van der Waals surface area contributed by atoms with E-state index in [9.17, 15) is 15.0 Å². The molecular formula is C31H57N3O3S. The van der Waals surface area contributed by atoms with Crippen molar-refractivity contribution in [2.45, 2.75) is 119 Å². The number of carbonyl (C=O) groups is 1. The van der Waals surface area contributed by atoms with Crippen LogP contribution < -0.4 is 0 Å². The number of hydrogen-bond donors (Lipinski definition) is 2. The van der Waals surface area contributed by atoms with E-state index in [1.807, 2.05) is 6.26 Å². The SMILES string of the molecule is CCCCCC(=NC(C)CCCN(CC)CC)c1c(O)c(CCSC)n(C(=O)CC(C)CC(C)(C)C)c1O. The Kier molecular flexibility index (Phi) is 15.7. The number of rotatable bonds is 18. The average molecular weight is 552 g/mol. The number of thioether (sulfide) groups is 1. The molecular weight excluding hydrogens is 494 g/mol. The zero-order valence-electron chi connectivity index (χ0n) is 25.9. The fraction of sp³-hybridized carbons (Fsp3) is 0.806. The van der Waals surface area contributed by atoms with Crippen LogP contribution in [0.1, 0.15) is 123 Å². The summed E-state index contributed by atoms with van der Waals surface area (Å²) in [4.78, 5) is 21.0. The van der Waals surface area contributed by atoms with Gasteiger partial charge in [-0.05, 0) is 82.0 Å². The van der Waals surface area contributed by atoms with Crippen molar-refractivity contribution in [3.05, 3.63) is 11.3 Å². The average Bonchev–Trinajstić information content (AvgIpc) is 3.07. The second kappa shape index (κ2) is 17.3. The number of nitrogens with zero attached hydrogens (tertiary/aromatic N) is 3. The number of unbranched alkanes of at least 4 members (excludes halogenated alkanes) is 2. The van der Waals surface area contributed by atoms with Crippen LogP contribution in [-0.4, -0.2) is 69.0 Å². The summed E-state index contributed by atoms with van der Waals surface area (Å²) in [6, 6.07) is 0.0708. The third-order valence-corrected chi connectivity index (χ3v) is 7.78. The zero-order valence-corrected chi connectivity index (χ0v) is 26.7. The van der Waals surface area contributed by atoms with Gasteiger partial charge >= 0.3 is 0 Å². The predicted molar refractivity (Wildman–Crippen MR) is 165 cm³/mol. The second-order valence-corrected chi connectivity index (χ2v) is 13.1. The maximum absolute atomic E-state index is 13.5. The van der Waals surface area contributed by atoms with Gasteiger partial charge in [0.05, 0.1) is 17.0 Å². The second-order valence-electron chi connectivity index (χ2n) is 12.1. The van der Waals surface area contributed by atoms with E-state index in [0.717, 1.165) is 69.6 Å². The van der Waals surface area contributed by atoms with Gasteiger partial charge in [0.2, 0.25) is 11.8 Å². The van der Waals surface area contributed by atoms with Crippen LogP contribution in [0.5, 0.6) is 11.6 Å². The quantitative estimate of drug-likeness (QED) is 0.144. The smallest absolute Gasteiger partial charge is 0.234 e. The monoisotopic (exact) mass is 551 g/mol. The molecule has 0 amide bonds. The first kappa shape index (κ1) is 34.6. The molecule has 1 aromatic heterocycles. The van der Waals surface area contributed by atoms with Crippen LogP contribution in [0, 0.1) is 11.3 Å². The topological polar surface area (TPSA) is 78.1 Å². The molecule has 220 valence electrons. The van der Waals surface area contributed by atoms with E-state index in [4.69, 9.17) is 4.99 Å². The molecule has 0 fully saturated rings. The lowest BCUT2D eigenvalue weighted by Gasteiger charge is -2.23. The molecule has 0 aromatic carbocycles. The molecule has 2 atom stereocenters. The molecule has 38 heavy (non-hydrogen) atoms. The summed E-state index contributed by atoms with van der Waals surface area (Å²) < 4.78 is 1.39. The van der Waals surface area contributed by atoms with E-state index in [-0.39, 0.29) is 34.9 Å². The predicted octanol–water partition coefficient (Wildman–Crippen LogP) is 7.79. The normalized spacial score (nSPS) is 14.3. The third kappa shape index (κ3) is 11.3. The molecule has 0 saturated heterocycles. The highest BCUT2D eigenvalue weighted by Gasteiger charge is 2.30. The fourth-order valence-electron chi connectivity index (χ4n) is 5.34. The van der Waals surface area contributed by atoms with Crippen molar-refractivity contribution in [2.24, 2.45) is 16.3 Å². The first-order valence-electron chi connectivity index (χ1n) is 14.9. The van der Waals surface area contributed by atoms with Crippen molar-refractivity contribution in [2.75, 3.05) is 31.6 Å². The summed E-state index contributed by atoms with van der Waals surface area (Å²) in [6.07, 6.45) is 9.50. The number of aliphatic imine (C=N–C) groups is 1. The van der Waals surface area contributed by atoms with Gasteiger partial charge in [-0.25, -0.2) is 0 Å². The van der Waals surface area contributed by atoms with E-state index < -0.39 is 0 Å². The minimum absolute atomic E-state index is 0.0268. The third-order valence-electron chi connectivity index (χ3n) is 7.16. The van der Waals surface area contributed by atoms with Crippen LogP contribution in [0.3, 0.4) is 0 Å². The van der Waals surface area contributed by atoms with Crippen LogP contribution >= 0.6 is 11.8 Å². The molecule has 0 aliphatic rings. The molecule has 0 saturated carbocycles. The lowest BCUT2D eigenvalue weighted by molar-refractivity contribution is 0.0859. The van der Waals surface area contributed by atoms with Gasteiger partial charge < -0.3 is 15.1 Å². The van der Waals surface area contributed by atoms with E-state index in [1.54, 1.807) is 11.8 Å². The van der Waals surface area contributed by atoms with E-state index in [1.165, 1.54) is 4.57 Å². The Morgan fingerprint density at radius 2 is 1.74 bits per heavy atom. The molecule has 0 spiro atoms. The molecule has 6 nitrogen and oxygen atoms in total. The zero-order chi connectivity index (χ0) is 28.9. The molecule has 2 N–H and O–H groups in total. The van der Waals surface area contributed by atoms with Gasteiger partial charge in [0.15, 0.2) is 0 Å². The lowest BCUT2D eigenvalue weighted by atomic mass is 9.84. The Labute approximate surface area is 237 Å². The van der Waals surface area contributed by atoms with Crippen molar-refractivity contribution in [1.29, 1.82) is 0 Å². The van der Waals surface area contributed by atoms with Crippen LogP contribution in [0.25, 0.3) is 0 Å². The first-order chi connectivity index (χ1) is 17.9. The van der Waals surface area contributed by atoms with E-state index in [2.05, 4.69) is 60.3 Å². The number of aromatic nitrogens is 1. The summed E-state index contributed by atoms with van der Waals surface area (Å²) in [5.41, 5.74) is 1.72.